The normalized spacial score (nSPS) is 12.6. The molecule has 0 amide bonds. The predicted octanol–water partition coefficient (Wildman–Crippen LogP) is 5.67. The van der Waals surface area contributed by atoms with Crippen LogP contribution in [0.3, 0.4) is 0 Å². The SMILES string of the molecule is CCCNC(c1cccc(C)c1)c1cc(Br)c(Br)s1. The smallest absolute Gasteiger partial charge is 0.0843 e. The fourth-order valence-corrected chi connectivity index (χ4v) is 4.22. The predicted molar refractivity (Wildman–Crippen MR) is 91.0 cm³/mol. The Morgan fingerprint density at radius 1 is 1.26 bits per heavy atom. The second kappa shape index (κ2) is 7.02. The van der Waals surface area contributed by atoms with E-state index in [2.05, 4.69) is 81.4 Å². The van der Waals surface area contributed by atoms with Gasteiger partial charge < -0.3 is 5.32 Å². The van der Waals surface area contributed by atoms with E-state index >= 15 is 0 Å². The third-order valence-corrected chi connectivity index (χ3v) is 6.24. The zero-order valence-electron chi connectivity index (χ0n) is 11.0. The molecule has 0 aliphatic rings. The first-order chi connectivity index (χ1) is 9.11. The molecule has 2 rings (SSSR count). The van der Waals surface area contributed by atoms with Gasteiger partial charge >= 0.3 is 0 Å². The zero-order chi connectivity index (χ0) is 13.8. The lowest BCUT2D eigenvalue weighted by molar-refractivity contribution is 0.605. The first kappa shape index (κ1) is 15.2. The van der Waals surface area contributed by atoms with E-state index in [0.717, 1.165) is 21.2 Å². The van der Waals surface area contributed by atoms with E-state index in [9.17, 15) is 0 Å². The Hall–Kier alpha value is -0.160. The van der Waals surface area contributed by atoms with Crippen molar-refractivity contribution in [2.24, 2.45) is 0 Å². The summed E-state index contributed by atoms with van der Waals surface area (Å²) in [6.07, 6.45) is 1.13. The summed E-state index contributed by atoms with van der Waals surface area (Å²) in [4.78, 5) is 1.33. The number of aryl methyl sites for hydroxylation is 1. The van der Waals surface area contributed by atoms with Gasteiger partial charge in [0.15, 0.2) is 0 Å². The molecule has 1 aromatic heterocycles. The van der Waals surface area contributed by atoms with Crippen LogP contribution in [0.15, 0.2) is 38.6 Å². The lowest BCUT2D eigenvalue weighted by Crippen LogP contribution is -2.22. The van der Waals surface area contributed by atoms with Crippen molar-refractivity contribution >= 4 is 43.2 Å². The minimum atomic E-state index is 0.271. The van der Waals surface area contributed by atoms with E-state index in [-0.39, 0.29) is 6.04 Å². The average Bonchev–Trinajstić information content (AvgIpc) is 2.70. The largest absolute Gasteiger partial charge is 0.306 e. The number of benzene rings is 1. The highest BCUT2D eigenvalue weighted by Gasteiger charge is 2.17. The van der Waals surface area contributed by atoms with E-state index in [1.807, 2.05) is 0 Å². The third kappa shape index (κ3) is 3.91. The number of halogens is 2. The van der Waals surface area contributed by atoms with Crippen molar-refractivity contribution in [3.63, 3.8) is 0 Å². The van der Waals surface area contributed by atoms with Gasteiger partial charge in [-0.3, -0.25) is 0 Å². The van der Waals surface area contributed by atoms with Crippen LogP contribution in [0.4, 0.5) is 0 Å². The van der Waals surface area contributed by atoms with Crippen LogP contribution in [-0.4, -0.2) is 6.54 Å². The lowest BCUT2D eigenvalue weighted by Gasteiger charge is -2.18. The maximum Gasteiger partial charge on any atom is 0.0843 e. The van der Waals surface area contributed by atoms with Crippen LogP contribution in [0.2, 0.25) is 0 Å². The van der Waals surface area contributed by atoms with Gasteiger partial charge in [0.05, 0.1) is 9.83 Å². The fraction of sp³-hybridized carbons (Fsp3) is 0.333. The summed E-state index contributed by atoms with van der Waals surface area (Å²) in [5.41, 5.74) is 2.63. The summed E-state index contributed by atoms with van der Waals surface area (Å²) in [5, 5.41) is 3.64. The van der Waals surface area contributed by atoms with Crippen molar-refractivity contribution in [1.82, 2.24) is 5.32 Å². The summed E-state index contributed by atoms with van der Waals surface area (Å²) in [5.74, 6) is 0. The zero-order valence-corrected chi connectivity index (χ0v) is 15.0. The Kier molecular flexibility index (Phi) is 5.63. The molecule has 1 atom stereocenters. The summed E-state index contributed by atoms with van der Waals surface area (Å²) in [7, 11) is 0. The molecule has 0 radical (unpaired) electrons. The highest BCUT2D eigenvalue weighted by Crippen LogP contribution is 2.37. The topological polar surface area (TPSA) is 12.0 Å². The van der Waals surface area contributed by atoms with Crippen molar-refractivity contribution in [2.45, 2.75) is 26.3 Å². The molecular formula is C15H17Br2NS. The van der Waals surface area contributed by atoms with Crippen LogP contribution in [0.1, 0.15) is 35.4 Å². The first-order valence-corrected chi connectivity index (χ1v) is 8.76. The van der Waals surface area contributed by atoms with Gasteiger partial charge in [-0.05, 0) is 63.4 Å². The number of rotatable bonds is 5. The molecule has 1 heterocycles. The van der Waals surface area contributed by atoms with Gasteiger partial charge in [-0.25, -0.2) is 0 Å². The molecule has 0 saturated heterocycles. The molecule has 0 spiro atoms. The minimum Gasteiger partial charge on any atom is -0.306 e. The molecule has 2 aromatic rings. The van der Waals surface area contributed by atoms with Crippen molar-refractivity contribution in [2.75, 3.05) is 6.54 Å². The Morgan fingerprint density at radius 3 is 2.63 bits per heavy atom. The molecule has 0 fully saturated rings. The fourth-order valence-electron chi connectivity index (χ4n) is 2.03. The molecule has 19 heavy (non-hydrogen) atoms. The molecule has 4 heteroatoms. The Morgan fingerprint density at radius 2 is 2.05 bits per heavy atom. The molecule has 1 nitrogen and oxygen atoms in total. The van der Waals surface area contributed by atoms with Crippen LogP contribution in [0, 0.1) is 6.92 Å². The standard InChI is InChI=1S/C15H17Br2NS/c1-3-7-18-14(11-6-4-5-10(2)8-11)13-9-12(16)15(17)19-13/h4-6,8-9,14,18H,3,7H2,1-2H3. The molecule has 0 aliphatic heterocycles. The quantitative estimate of drug-likeness (QED) is 0.679. The van der Waals surface area contributed by atoms with Gasteiger partial charge in [-0.1, -0.05) is 36.8 Å². The maximum atomic E-state index is 3.64. The average molecular weight is 403 g/mol. The molecule has 102 valence electrons. The lowest BCUT2D eigenvalue weighted by atomic mass is 10.0. The van der Waals surface area contributed by atoms with E-state index < -0.39 is 0 Å². The van der Waals surface area contributed by atoms with Crippen LogP contribution in [0.25, 0.3) is 0 Å². The highest BCUT2D eigenvalue weighted by atomic mass is 79.9. The number of nitrogens with one attached hydrogen (secondary N) is 1. The Labute approximate surface area is 135 Å². The molecule has 1 N–H and O–H groups in total. The van der Waals surface area contributed by atoms with Gasteiger partial charge in [0.2, 0.25) is 0 Å². The van der Waals surface area contributed by atoms with Crippen LogP contribution in [-0.2, 0) is 0 Å². The molecule has 1 aromatic carbocycles. The minimum absolute atomic E-state index is 0.271. The summed E-state index contributed by atoms with van der Waals surface area (Å²) < 4.78 is 2.28. The van der Waals surface area contributed by atoms with Crippen molar-refractivity contribution in [3.8, 4) is 0 Å². The van der Waals surface area contributed by atoms with Crippen molar-refractivity contribution < 1.29 is 0 Å². The molecule has 1 unspecified atom stereocenters. The molecular weight excluding hydrogens is 386 g/mol. The van der Waals surface area contributed by atoms with Crippen LogP contribution >= 0.6 is 43.2 Å². The number of thiophene rings is 1. The summed E-state index contributed by atoms with van der Waals surface area (Å²) >= 11 is 8.94. The van der Waals surface area contributed by atoms with Gasteiger partial charge in [0.1, 0.15) is 0 Å². The number of hydrogen-bond acceptors (Lipinski definition) is 2. The summed E-state index contributed by atoms with van der Waals surface area (Å²) in [6.45, 7) is 5.35. The van der Waals surface area contributed by atoms with E-state index in [1.54, 1.807) is 11.3 Å². The maximum absolute atomic E-state index is 3.64. The van der Waals surface area contributed by atoms with E-state index in [1.165, 1.54) is 16.0 Å². The van der Waals surface area contributed by atoms with Gasteiger partial charge in [0, 0.05) is 9.35 Å². The third-order valence-electron chi connectivity index (χ3n) is 2.92. The van der Waals surface area contributed by atoms with Crippen molar-refractivity contribution in [1.29, 1.82) is 0 Å². The van der Waals surface area contributed by atoms with Crippen LogP contribution < -0.4 is 5.32 Å². The van der Waals surface area contributed by atoms with E-state index in [4.69, 9.17) is 0 Å². The Bertz CT molecular complexity index is 531. The van der Waals surface area contributed by atoms with Gasteiger partial charge in [-0.15, -0.1) is 11.3 Å². The Balaban J connectivity index is 2.35. The number of hydrogen-bond donors (Lipinski definition) is 1. The second-order valence-electron chi connectivity index (χ2n) is 4.57. The second-order valence-corrected chi connectivity index (χ2v) is 7.83. The summed E-state index contributed by atoms with van der Waals surface area (Å²) in [6, 6.07) is 11.2. The first-order valence-electron chi connectivity index (χ1n) is 6.36. The highest BCUT2D eigenvalue weighted by molar-refractivity contribution is 9.13. The van der Waals surface area contributed by atoms with Gasteiger partial charge in [-0.2, -0.15) is 0 Å². The molecule has 0 aliphatic carbocycles. The molecule has 0 saturated carbocycles. The van der Waals surface area contributed by atoms with Gasteiger partial charge in [0.25, 0.3) is 0 Å². The van der Waals surface area contributed by atoms with Crippen molar-refractivity contribution in [3.05, 3.63) is 54.6 Å². The monoisotopic (exact) mass is 401 g/mol. The van der Waals surface area contributed by atoms with Crippen LogP contribution in [0.5, 0.6) is 0 Å². The molecule has 0 bridgehead atoms. The van der Waals surface area contributed by atoms with E-state index in [0.29, 0.717) is 0 Å².